The summed E-state index contributed by atoms with van der Waals surface area (Å²) >= 11 is 6.09. The monoisotopic (exact) mass is 476 g/mol. The summed E-state index contributed by atoms with van der Waals surface area (Å²) in [5, 5.41) is 1.87. The van der Waals surface area contributed by atoms with Crippen molar-refractivity contribution in [3.8, 4) is 11.3 Å². The molecular formula is C31H25ClN2O. The Labute approximate surface area is 210 Å². The summed E-state index contributed by atoms with van der Waals surface area (Å²) in [6, 6.07) is 32.7. The minimum Gasteiger partial charge on any atom is -0.354 e. The van der Waals surface area contributed by atoms with E-state index in [1.807, 2.05) is 53.4 Å². The normalized spacial score (nSPS) is 15.1. The molecule has 1 unspecified atom stereocenters. The smallest absolute Gasteiger partial charge is 0.255 e. The van der Waals surface area contributed by atoms with Gasteiger partial charge < -0.3 is 9.88 Å². The summed E-state index contributed by atoms with van der Waals surface area (Å²) in [5.41, 5.74) is 8.65. The summed E-state index contributed by atoms with van der Waals surface area (Å²) in [5.74, 6) is 0.0831. The number of benzene rings is 4. The van der Waals surface area contributed by atoms with Crippen LogP contribution in [0.15, 0.2) is 97.1 Å². The number of carbonyl (C=O) groups is 1. The van der Waals surface area contributed by atoms with E-state index in [1.165, 1.54) is 5.56 Å². The molecule has 0 bridgehead atoms. The molecule has 0 saturated heterocycles. The molecule has 4 aromatic carbocycles. The summed E-state index contributed by atoms with van der Waals surface area (Å²) in [6.45, 7) is 2.72. The summed E-state index contributed by atoms with van der Waals surface area (Å²) < 4.78 is 0. The van der Waals surface area contributed by atoms with Crippen molar-refractivity contribution >= 4 is 28.4 Å². The molecule has 1 aliphatic rings. The molecule has 2 heterocycles. The van der Waals surface area contributed by atoms with Crippen molar-refractivity contribution in [1.82, 2.24) is 9.88 Å². The summed E-state index contributed by atoms with van der Waals surface area (Å²) in [7, 11) is 0. The van der Waals surface area contributed by atoms with Crippen LogP contribution in [-0.2, 0) is 6.42 Å². The Morgan fingerprint density at radius 1 is 0.857 bits per heavy atom. The van der Waals surface area contributed by atoms with Crippen molar-refractivity contribution < 1.29 is 4.79 Å². The van der Waals surface area contributed by atoms with E-state index in [-0.39, 0.29) is 11.9 Å². The average Bonchev–Trinajstić information content (AvgIpc) is 3.39. The van der Waals surface area contributed by atoms with Crippen molar-refractivity contribution in [2.45, 2.75) is 19.4 Å². The van der Waals surface area contributed by atoms with Crippen molar-refractivity contribution in [1.29, 1.82) is 0 Å². The number of nitrogens with zero attached hydrogens (tertiary/aromatic N) is 1. The van der Waals surface area contributed by atoms with Crippen molar-refractivity contribution in [2.75, 3.05) is 6.54 Å². The van der Waals surface area contributed by atoms with Gasteiger partial charge in [-0.1, -0.05) is 90.0 Å². The Morgan fingerprint density at radius 2 is 1.57 bits per heavy atom. The Balaban J connectivity index is 1.51. The number of aryl methyl sites for hydroxylation is 1. The first-order valence-electron chi connectivity index (χ1n) is 11.9. The van der Waals surface area contributed by atoms with Gasteiger partial charge >= 0.3 is 0 Å². The number of aromatic amines is 1. The number of amides is 1. The molecule has 0 aliphatic carbocycles. The number of hydrogen-bond acceptors (Lipinski definition) is 1. The molecule has 1 amide bonds. The van der Waals surface area contributed by atoms with E-state index in [2.05, 4.69) is 60.4 Å². The highest BCUT2D eigenvalue weighted by atomic mass is 35.5. The van der Waals surface area contributed by atoms with Crippen molar-refractivity contribution in [3.63, 3.8) is 0 Å². The van der Waals surface area contributed by atoms with Crippen LogP contribution in [0, 0.1) is 6.92 Å². The number of aromatic nitrogens is 1. The lowest BCUT2D eigenvalue weighted by Crippen LogP contribution is -2.31. The van der Waals surface area contributed by atoms with Gasteiger partial charge in [-0.15, -0.1) is 0 Å². The first-order chi connectivity index (χ1) is 17.1. The zero-order chi connectivity index (χ0) is 23.9. The van der Waals surface area contributed by atoms with Gasteiger partial charge in [-0.05, 0) is 54.3 Å². The lowest BCUT2D eigenvalue weighted by Gasteiger charge is -2.27. The van der Waals surface area contributed by atoms with E-state index in [4.69, 9.17) is 11.6 Å². The highest BCUT2D eigenvalue weighted by Crippen LogP contribution is 2.45. The van der Waals surface area contributed by atoms with Crippen LogP contribution in [0.2, 0.25) is 5.02 Å². The third-order valence-corrected chi connectivity index (χ3v) is 7.22. The number of rotatable bonds is 5. The fraction of sp³-hybridized carbons (Fsp3) is 0.129. The maximum Gasteiger partial charge on any atom is 0.255 e. The number of carbonyl (C=O) groups excluding carboxylic acids is 1. The zero-order valence-electron chi connectivity index (χ0n) is 19.5. The topological polar surface area (TPSA) is 36.1 Å². The van der Waals surface area contributed by atoms with Gasteiger partial charge in [0, 0.05) is 33.6 Å². The van der Waals surface area contributed by atoms with Crippen LogP contribution >= 0.6 is 11.6 Å². The SMILES string of the molecule is Cc1ccc(-c2[nH]c3ccccc3c2C2c3ccccc3C(=O)N2CCc2ccc(Cl)cc2)cc1. The highest BCUT2D eigenvalue weighted by Gasteiger charge is 2.39. The van der Waals surface area contributed by atoms with Gasteiger partial charge in [-0.25, -0.2) is 0 Å². The number of halogens is 1. The van der Waals surface area contributed by atoms with Gasteiger partial charge in [0.15, 0.2) is 0 Å². The number of fused-ring (bicyclic) bond motifs is 2. The Morgan fingerprint density at radius 3 is 2.37 bits per heavy atom. The second kappa shape index (κ2) is 8.75. The first-order valence-corrected chi connectivity index (χ1v) is 12.3. The predicted octanol–water partition coefficient (Wildman–Crippen LogP) is 7.58. The molecular weight excluding hydrogens is 452 g/mol. The second-order valence-electron chi connectivity index (χ2n) is 9.19. The van der Waals surface area contributed by atoms with Crippen LogP contribution in [0.1, 0.15) is 38.7 Å². The average molecular weight is 477 g/mol. The van der Waals surface area contributed by atoms with Crippen molar-refractivity contribution in [2.24, 2.45) is 0 Å². The molecule has 1 aromatic heterocycles. The maximum absolute atomic E-state index is 13.7. The van der Waals surface area contributed by atoms with E-state index in [0.29, 0.717) is 6.54 Å². The highest BCUT2D eigenvalue weighted by molar-refractivity contribution is 6.30. The maximum atomic E-state index is 13.7. The van der Waals surface area contributed by atoms with E-state index in [9.17, 15) is 4.79 Å². The second-order valence-corrected chi connectivity index (χ2v) is 9.63. The van der Waals surface area contributed by atoms with Crippen LogP contribution < -0.4 is 0 Å². The zero-order valence-corrected chi connectivity index (χ0v) is 20.2. The Hall–Kier alpha value is -3.82. The molecule has 0 saturated carbocycles. The van der Waals surface area contributed by atoms with Crippen LogP contribution in [0.4, 0.5) is 0 Å². The molecule has 0 fully saturated rings. The fourth-order valence-electron chi connectivity index (χ4n) is 5.21. The molecule has 172 valence electrons. The molecule has 0 radical (unpaired) electrons. The molecule has 1 atom stereocenters. The minimum atomic E-state index is -0.168. The molecule has 1 N–H and O–H groups in total. The Bertz CT molecular complexity index is 1530. The largest absolute Gasteiger partial charge is 0.354 e. The fourth-order valence-corrected chi connectivity index (χ4v) is 5.33. The van der Waals surface area contributed by atoms with Gasteiger partial charge in [0.1, 0.15) is 0 Å². The van der Waals surface area contributed by atoms with E-state index < -0.39 is 0 Å². The number of hydrogen-bond donors (Lipinski definition) is 1. The predicted molar refractivity (Wildman–Crippen MR) is 143 cm³/mol. The van der Waals surface area contributed by atoms with Crippen LogP contribution in [-0.4, -0.2) is 22.3 Å². The van der Waals surface area contributed by atoms with Crippen LogP contribution in [0.25, 0.3) is 22.2 Å². The lowest BCUT2D eigenvalue weighted by atomic mass is 9.93. The van der Waals surface area contributed by atoms with Gasteiger partial charge in [0.05, 0.1) is 11.7 Å². The molecule has 5 aromatic rings. The van der Waals surface area contributed by atoms with Gasteiger partial charge in [-0.3, -0.25) is 4.79 Å². The molecule has 0 spiro atoms. The molecule has 3 nitrogen and oxygen atoms in total. The third kappa shape index (κ3) is 3.82. The summed E-state index contributed by atoms with van der Waals surface area (Å²) in [4.78, 5) is 19.4. The van der Waals surface area contributed by atoms with Gasteiger partial charge in [0.2, 0.25) is 0 Å². The lowest BCUT2D eigenvalue weighted by molar-refractivity contribution is 0.0753. The van der Waals surface area contributed by atoms with Crippen LogP contribution in [0.3, 0.4) is 0 Å². The first kappa shape index (κ1) is 21.7. The van der Waals surface area contributed by atoms with Crippen LogP contribution in [0.5, 0.6) is 0 Å². The van der Waals surface area contributed by atoms with Crippen molar-refractivity contribution in [3.05, 3.63) is 130 Å². The standard InChI is InChI=1S/C31H25ClN2O/c1-20-10-14-22(15-11-20)29-28(26-8-4-5-9-27(26)33-29)30-24-6-2-3-7-25(24)31(35)34(30)19-18-21-12-16-23(32)17-13-21/h2-17,30,33H,18-19H2,1H3. The number of nitrogens with one attached hydrogen (secondary N) is 1. The summed E-state index contributed by atoms with van der Waals surface area (Å²) in [6.07, 6.45) is 0.760. The van der Waals surface area contributed by atoms with Gasteiger partial charge in [-0.2, -0.15) is 0 Å². The number of para-hydroxylation sites is 1. The quantitative estimate of drug-likeness (QED) is 0.279. The minimum absolute atomic E-state index is 0.0831. The van der Waals surface area contributed by atoms with Gasteiger partial charge in [0.25, 0.3) is 5.91 Å². The Kier molecular flexibility index (Phi) is 5.43. The third-order valence-electron chi connectivity index (χ3n) is 6.97. The molecule has 1 aliphatic heterocycles. The van der Waals surface area contributed by atoms with E-state index in [1.54, 1.807) is 0 Å². The number of H-pyrrole nitrogens is 1. The molecule has 6 rings (SSSR count). The molecule has 4 heteroatoms. The van der Waals surface area contributed by atoms with E-state index >= 15 is 0 Å². The molecule has 35 heavy (non-hydrogen) atoms. The van der Waals surface area contributed by atoms with E-state index in [0.717, 1.165) is 55.9 Å².